The second-order valence-corrected chi connectivity index (χ2v) is 7.41. The monoisotopic (exact) mass is 389 g/mol. The number of aromatic amines is 1. The van der Waals surface area contributed by atoms with Gasteiger partial charge in [0.2, 0.25) is 0 Å². The van der Waals surface area contributed by atoms with E-state index < -0.39 is 28.6 Å². The molecule has 8 nitrogen and oxygen atoms in total. The third-order valence-corrected chi connectivity index (χ3v) is 5.37. The Morgan fingerprint density at radius 1 is 1.07 bits per heavy atom. The van der Waals surface area contributed by atoms with Gasteiger partial charge in [-0.15, -0.1) is 0 Å². The molecule has 0 saturated carbocycles. The summed E-state index contributed by atoms with van der Waals surface area (Å²) in [6.07, 6.45) is 0. The number of nitrogens with zero attached hydrogens (tertiary/aromatic N) is 1. The van der Waals surface area contributed by atoms with E-state index in [2.05, 4.69) is 9.88 Å². The number of carboxylic acids is 2. The Hall–Kier alpha value is -2.78. The maximum Gasteiger partial charge on any atom is 0.342 e. The highest BCUT2D eigenvalue weighted by Gasteiger charge is 2.26. The van der Waals surface area contributed by atoms with Crippen molar-refractivity contribution < 1.29 is 19.8 Å². The molecule has 1 aromatic heterocycles. The Balaban J connectivity index is 2.03. The number of aromatic nitrogens is 1. The quantitative estimate of drug-likeness (QED) is 0.605. The Labute approximate surface area is 159 Å². The second kappa shape index (κ2) is 7.85. The minimum Gasteiger partial charge on any atom is -0.478 e. The first-order valence-electron chi connectivity index (χ1n) is 8.30. The van der Waals surface area contributed by atoms with E-state index in [-0.39, 0.29) is 11.4 Å². The predicted octanol–water partition coefficient (Wildman–Crippen LogP) is 1.57. The van der Waals surface area contributed by atoms with Gasteiger partial charge in [0.1, 0.15) is 16.9 Å². The van der Waals surface area contributed by atoms with E-state index in [0.717, 1.165) is 36.7 Å². The molecule has 0 radical (unpaired) electrons. The molecule has 0 atom stereocenters. The standard InChI is InChI=1S/C18H19N3O5S/c19-15-13(17(23)24)12(14(18(25)26)16(22)20-15)11-3-1-10(2-4-11)9-21-5-7-27-8-6-21/h1-4H,5-9H2,(H,23,24)(H,25,26)(H3,19,20,22). The second-order valence-electron chi connectivity index (χ2n) is 6.19. The van der Waals surface area contributed by atoms with Gasteiger partial charge in [-0.3, -0.25) is 9.69 Å². The lowest BCUT2D eigenvalue weighted by Crippen LogP contribution is -2.31. The van der Waals surface area contributed by atoms with E-state index in [1.807, 2.05) is 23.9 Å². The van der Waals surface area contributed by atoms with Gasteiger partial charge in [0, 0.05) is 36.7 Å². The van der Waals surface area contributed by atoms with Crippen molar-refractivity contribution in [2.75, 3.05) is 30.3 Å². The van der Waals surface area contributed by atoms with Crippen LogP contribution in [0.2, 0.25) is 0 Å². The summed E-state index contributed by atoms with van der Waals surface area (Å²) in [5.74, 6) is -1.11. The number of anilines is 1. The van der Waals surface area contributed by atoms with Crippen molar-refractivity contribution in [3.05, 3.63) is 51.3 Å². The van der Waals surface area contributed by atoms with Crippen LogP contribution in [-0.2, 0) is 6.54 Å². The van der Waals surface area contributed by atoms with Crippen molar-refractivity contribution >= 4 is 29.5 Å². The maximum atomic E-state index is 12.1. The lowest BCUT2D eigenvalue weighted by molar-refractivity contribution is 0.0695. The van der Waals surface area contributed by atoms with Crippen LogP contribution in [-0.4, -0.2) is 56.6 Å². The molecule has 1 aliphatic rings. The average molecular weight is 389 g/mol. The SMILES string of the molecule is Nc1[nH]c(=O)c(C(=O)O)c(-c2ccc(CN3CCSCC3)cc2)c1C(=O)O. The molecular formula is C18H19N3O5S. The number of thioether (sulfide) groups is 1. The molecule has 0 bridgehead atoms. The van der Waals surface area contributed by atoms with Gasteiger partial charge in [0.25, 0.3) is 5.56 Å². The summed E-state index contributed by atoms with van der Waals surface area (Å²) in [4.78, 5) is 39.7. The van der Waals surface area contributed by atoms with Crippen molar-refractivity contribution in [3.8, 4) is 11.1 Å². The van der Waals surface area contributed by atoms with E-state index in [4.69, 9.17) is 5.73 Å². The molecule has 9 heteroatoms. The predicted molar refractivity (Wildman–Crippen MR) is 103 cm³/mol. The van der Waals surface area contributed by atoms with Crippen molar-refractivity contribution in [1.82, 2.24) is 9.88 Å². The molecule has 3 rings (SSSR count). The van der Waals surface area contributed by atoms with E-state index in [1.54, 1.807) is 12.1 Å². The summed E-state index contributed by atoms with van der Waals surface area (Å²) < 4.78 is 0. The van der Waals surface area contributed by atoms with Crippen LogP contribution in [0, 0.1) is 0 Å². The topological polar surface area (TPSA) is 137 Å². The van der Waals surface area contributed by atoms with Gasteiger partial charge in [0.15, 0.2) is 0 Å². The van der Waals surface area contributed by atoms with Crippen LogP contribution in [0.1, 0.15) is 26.3 Å². The number of nitrogens with two attached hydrogens (primary N) is 1. The first-order chi connectivity index (χ1) is 12.9. The number of hydrogen-bond acceptors (Lipinski definition) is 6. The molecule has 0 unspecified atom stereocenters. The normalized spacial score (nSPS) is 14.8. The van der Waals surface area contributed by atoms with Crippen molar-refractivity contribution in [2.45, 2.75) is 6.54 Å². The Morgan fingerprint density at radius 2 is 1.67 bits per heavy atom. The summed E-state index contributed by atoms with van der Waals surface area (Å²) in [6.45, 7) is 2.77. The third-order valence-electron chi connectivity index (χ3n) is 4.42. The molecule has 1 fully saturated rings. The van der Waals surface area contributed by atoms with Gasteiger partial charge in [-0.05, 0) is 11.1 Å². The molecule has 27 heavy (non-hydrogen) atoms. The Bertz CT molecular complexity index is 933. The molecular weight excluding hydrogens is 370 g/mol. The van der Waals surface area contributed by atoms with Gasteiger partial charge in [-0.25, -0.2) is 9.59 Å². The Morgan fingerprint density at radius 3 is 2.22 bits per heavy atom. The zero-order valence-corrected chi connectivity index (χ0v) is 15.2. The highest BCUT2D eigenvalue weighted by atomic mass is 32.2. The number of carboxylic acid groups (broad SMARTS) is 2. The summed E-state index contributed by atoms with van der Waals surface area (Å²) in [7, 11) is 0. The summed E-state index contributed by atoms with van der Waals surface area (Å²) >= 11 is 1.92. The molecule has 1 aliphatic heterocycles. The fraction of sp³-hybridized carbons (Fsp3) is 0.278. The molecule has 0 amide bonds. The van der Waals surface area contributed by atoms with Crippen molar-refractivity contribution in [3.63, 3.8) is 0 Å². The molecule has 2 aromatic rings. The zero-order valence-electron chi connectivity index (χ0n) is 14.4. The van der Waals surface area contributed by atoms with E-state index in [1.165, 1.54) is 0 Å². The summed E-state index contributed by atoms with van der Waals surface area (Å²) in [5.41, 5.74) is 4.81. The van der Waals surface area contributed by atoms with Gasteiger partial charge >= 0.3 is 11.9 Å². The minimum atomic E-state index is -1.51. The summed E-state index contributed by atoms with van der Waals surface area (Å²) in [6, 6.07) is 6.87. The van der Waals surface area contributed by atoms with Crippen LogP contribution in [0.25, 0.3) is 11.1 Å². The van der Waals surface area contributed by atoms with Crippen molar-refractivity contribution in [1.29, 1.82) is 0 Å². The highest BCUT2D eigenvalue weighted by molar-refractivity contribution is 7.99. The number of rotatable bonds is 5. The minimum absolute atomic E-state index is 0.183. The molecule has 5 N–H and O–H groups in total. The lowest BCUT2D eigenvalue weighted by Gasteiger charge is -2.26. The largest absolute Gasteiger partial charge is 0.478 e. The number of nitrogen functional groups attached to an aromatic ring is 1. The maximum absolute atomic E-state index is 12.1. The van der Waals surface area contributed by atoms with Crippen LogP contribution in [0.3, 0.4) is 0 Å². The number of pyridine rings is 1. The van der Waals surface area contributed by atoms with E-state index in [9.17, 15) is 24.6 Å². The van der Waals surface area contributed by atoms with E-state index in [0.29, 0.717) is 5.56 Å². The summed E-state index contributed by atoms with van der Waals surface area (Å²) in [5, 5.41) is 18.9. The number of nitrogens with one attached hydrogen (secondary N) is 1. The van der Waals surface area contributed by atoms with Gasteiger partial charge in [-0.2, -0.15) is 11.8 Å². The number of H-pyrrole nitrogens is 1. The van der Waals surface area contributed by atoms with Gasteiger partial charge in [0.05, 0.1) is 0 Å². The van der Waals surface area contributed by atoms with Gasteiger partial charge in [-0.1, -0.05) is 24.3 Å². The van der Waals surface area contributed by atoms with Crippen LogP contribution in [0.4, 0.5) is 5.82 Å². The zero-order chi connectivity index (χ0) is 19.6. The average Bonchev–Trinajstić information content (AvgIpc) is 2.62. The molecule has 142 valence electrons. The molecule has 0 spiro atoms. The number of benzene rings is 1. The first-order valence-corrected chi connectivity index (χ1v) is 9.45. The number of carbonyl (C=O) groups is 2. The van der Waals surface area contributed by atoms with E-state index >= 15 is 0 Å². The van der Waals surface area contributed by atoms with Gasteiger partial charge < -0.3 is 20.9 Å². The molecule has 2 heterocycles. The van der Waals surface area contributed by atoms with Crippen LogP contribution >= 0.6 is 11.8 Å². The first kappa shape index (κ1) is 19.0. The number of aromatic carboxylic acids is 2. The third kappa shape index (κ3) is 3.99. The van der Waals surface area contributed by atoms with Crippen LogP contribution < -0.4 is 11.3 Å². The fourth-order valence-electron chi connectivity index (χ4n) is 3.13. The van der Waals surface area contributed by atoms with Crippen LogP contribution in [0.5, 0.6) is 0 Å². The molecule has 1 aromatic carbocycles. The molecule has 1 saturated heterocycles. The Kier molecular flexibility index (Phi) is 5.52. The highest BCUT2D eigenvalue weighted by Crippen LogP contribution is 2.29. The van der Waals surface area contributed by atoms with Crippen LogP contribution in [0.15, 0.2) is 29.1 Å². The van der Waals surface area contributed by atoms with Crippen molar-refractivity contribution in [2.24, 2.45) is 0 Å². The smallest absolute Gasteiger partial charge is 0.342 e. The molecule has 0 aliphatic carbocycles. The number of hydrogen-bond donors (Lipinski definition) is 4. The lowest BCUT2D eigenvalue weighted by atomic mass is 9.94. The fourth-order valence-corrected chi connectivity index (χ4v) is 4.11.